The van der Waals surface area contributed by atoms with Gasteiger partial charge in [-0.15, -0.1) is 0 Å². The fourth-order valence-electron chi connectivity index (χ4n) is 3.40. The van der Waals surface area contributed by atoms with Gasteiger partial charge in [0, 0.05) is 7.11 Å². The Kier molecular flexibility index (Phi) is 7.35. The monoisotopic (exact) mass is 411 g/mol. The number of para-hydroxylation sites is 1. The van der Waals surface area contributed by atoms with Crippen LogP contribution >= 0.6 is 7.52 Å². The number of hydrogen-bond donors (Lipinski definition) is 2. The van der Waals surface area contributed by atoms with Gasteiger partial charge in [0.05, 0.1) is 0 Å². The molecule has 1 fully saturated rings. The molecular formula is C21H34NO5P. The van der Waals surface area contributed by atoms with Crippen LogP contribution in [0.15, 0.2) is 18.2 Å². The number of aliphatic carboxylic acids is 1. The fraction of sp³-hybridized carbons (Fsp3) is 0.667. The van der Waals surface area contributed by atoms with E-state index in [1.54, 1.807) is 6.92 Å². The van der Waals surface area contributed by atoms with Crippen molar-refractivity contribution in [3.63, 3.8) is 0 Å². The number of ether oxygens (including phenoxy) is 1. The smallest absolute Gasteiger partial charge is 0.342 e. The van der Waals surface area contributed by atoms with Crippen molar-refractivity contribution < 1.29 is 23.7 Å². The Hall–Kier alpha value is -1.36. The van der Waals surface area contributed by atoms with Gasteiger partial charge in [-0.05, 0) is 55.1 Å². The second kappa shape index (κ2) is 8.98. The van der Waals surface area contributed by atoms with E-state index in [-0.39, 0.29) is 18.7 Å². The van der Waals surface area contributed by atoms with E-state index in [0.717, 1.165) is 11.1 Å². The van der Waals surface area contributed by atoms with Crippen LogP contribution in [0.3, 0.4) is 0 Å². The third kappa shape index (κ3) is 5.16. The van der Waals surface area contributed by atoms with Crippen LogP contribution in [0.1, 0.15) is 76.8 Å². The van der Waals surface area contributed by atoms with Crippen molar-refractivity contribution in [2.24, 2.45) is 5.92 Å². The van der Waals surface area contributed by atoms with Gasteiger partial charge < -0.3 is 14.4 Å². The van der Waals surface area contributed by atoms with Gasteiger partial charge in [-0.2, -0.15) is 0 Å². The lowest BCUT2D eigenvalue weighted by atomic mass is 9.90. The minimum atomic E-state index is -3.63. The molecule has 2 rings (SSSR count). The molecule has 158 valence electrons. The Labute approximate surface area is 168 Å². The standard InChI is InChI=1S/C21H34NO5P/c1-7-21(5,20(23)24)22-28(25,13-26-6)27-19-17(14(2)3)9-8-10-18(19)15(4)16-11-12-16/h8-10,14-16H,7,11-13H2,1-6H3,(H,22,25)(H,23,24)/t15-,21?,28?/m1/s1. The normalized spacial score (nSPS) is 19.7. The summed E-state index contributed by atoms with van der Waals surface area (Å²) in [5.41, 5.74) is 0.625. The van der Waals surface area contributed by atoms with Crippen LogP contribution < -0.4 is 9.61 Å². The van der Waals surface area contributed by atoms with Gasteiger partial charge in [0.25, 0.3) is 0 Å². The number of carboxylic acid groups (broad SMARTS) is 1. The van der Waals surface area contributed by atoms with Crippen molar-refractivity contribution in [2.75, 3.05) is 13.5 Å². The SMILES string of the molecule is CCC(C)(NP(=O)(COC)Oc1c(C(C)C)cccc1[C@H](C)C1CC1)C(=O)O. The molecular weight excluding hydrogens is 377 g/mol. The largest absolute Gasteiger partial charge is 0.480 e. The maximum atomic E-state index is 13.7. The van der Waals surface area contributed by atoms with E-state index in [4.69, 9.17) is 9.26 Å². The van der Waals surface area contributed by atoms with Crippen molar-refractivity contribution in [3.8, 4) is 5.75 Å². The molecule has 28 heavy (non-hydrogen) atoms. The molecule has 7 heteroatoms. The maximum Gasteiger partial charge on any atom is 0.342 e. The van der Waals surface area contributed by atoms with Crippen LogP contribution in [0, 0.1) is 5.92 Å². The van der Waals surface area contributed by atoms with Crippen LogP contribution in [0.5, 0.6) is 5.75 Å². The van der Waals surface area contributed by atoms with Gasteiger partial charge in [0.15, 0.2) is 0 Å². The average molecular weight is 411 g/mol. The molecule has 0 heterocycles. The summed E-state index contributed by atoms with van der Waals surface area (Å²) < 4.78 is 25.0. The van der Waals surface area contributed by atoms with E-state index >= 15 is 0 Å². The van der Waals surface area contributed by atoms with Crippen LogP contribution in [-0.4, -0.2) is 30.1 Å². The zero-order valence-corrected chi connectivity index (χ0v) is 18.7. The number of carboxylic acids is 1. The quantitative estimate of drug-likeness (QED) is 0.478. The lowest BCUT2D eigenvalue weighted by molar-refractivity contribution is -0.143. The molecule has 0 spiro atoms. The van der Waals surface area contributed by atoms with Gasteiger partial charge >= 0.3 is 13.5 Å². The molecule has 6 nitrogen and oxygen atoms in total. The Bertz CT molecular complexity index is 746. The number of methoxy groups -OCH3 is 1. The number of hydrogen-bond acceptors (Lipinski definition) is 4. The second-order valence-corrected chi connectivity index (χ2v) is 10.3. The summed E-state index contributed by atoms with van der Waals surface area (Å²) in [6.45, 7) is 9.56. The lowest BCUT2D eigenvalue weighted by Gasteiger charge is -2.32. The molecule has 2 N–H and O–H groups in total. The summed E-state index contributed by atoms with van der Waals surface area (Å²) in [6, 6.07) is 6.02. The molecule has 0 saturated heterocycles. The van der Waals surface area contributed by atoms with Gasteiger partial charge in [0.2, 0.25) is 0 Å². The van der Waals surface area contributed by atoms with Crippen molar-refractivity contribution >= 4 is 13.5 Å². The topological polar surface area (TPSA) is 84.9 Å². The van der Waals surface area contributed by atoms with E-state index in [9.17, 15) is 14.5 Å². The van der Waals surface area contributed by atoms with Crippen molar-refractivity contribution in [1.29, 1.82) is 0 Å². The van der Waals surface area contributed by atoms with E-state index in [0.29, 0.717) is 17.6 Å². The first-order chi connectivity index (χ1) is 13.1. The van der Waals surface area contributed by atoms with Crippen LogP contribution in [0.2, 0.25) is 0 Å². The predicted molar refractivity (Wildman–Crippen MR) is 111 cm³/mol. The van der Waals surface area contributed by atoms with Gasteiger partial charge in [-0.3, -0.25) is 9.36 Å². The Morgan fingerprint density at radius 2 is 1.93 bits per heavy atom. The number of nitrogens with one attached hydrogen (secondary N) is 1. The van der Waals surface area contributed by atoms with E-state index in [1.165, 1.54) is 26.9 Å². The lowest BCUT2D eigenvalue weighted by Crippen LogP contribution is -2.48. The third-order valence-electron chi connectivity index (χ3n) is 5.65. The summed E-state index contributed by atoms with van der Waals surface area (Å²) in [5.74, 6) is 0.614. The highest BCUT2D eigenvalue weighted by Gasteiger charge is 2.41. The first-order valence-electron chi connectivity index (χ1n) is 10.00. The zero-order valence-electron chi connectivity index (χ0n) is 17.8. The molecule has 1 aliphatic carbocycles. The van der Waals surface area contributed by atoms with E-state index in [1.807, 2.05) is 18.2 Å². The minimum Gasteiger partial charge on any atom is -0.480 e. The molecule has 1 aromatic rings. The molecule has 0 aliphatic heterocycles. The molecule has 0 radical (unpaired) electrons. The Balaban J connectivity index is 2.48. The third-order valence-corrected chi connectivity index (χ3v) is 7.56. The molecule has 1 saturated carbocycles. The summed E-state index contributed by atoms with van der Waals surface area (Å²) in [6.07, 6.45) is 2.43. The van der Waals surface area contributed by atoms with Gasteiger partial charge in [-0.1, -0.05) is 45.9 Å². The summed E-state index contributed by atoms with van der Waals surface area (Å²) >= 11 is 0. The second-order valence-electron chi connectivity index (χ2n) is 8.33. The highest BCUT2D eigenvalue weighted by atomic mass is 31.2. The first-order valence-corrected chi connectivity index (χ1v) is 11.8. The molecule has 3 atom stereocenters. The highest BCUT2D eigenvalue weighted by molar-refractivity contribution is 7.57. The van der Waals surface area contributed by atoms with Crippen LogP contribution in [0.25, 0.3) is 0 Å². The zero-order chi connectivity index (χ0) is 21.1. The van der Waals surface area contributed by atoms with Gasteiger partial charge in [0.1, 0.15) is 17.6 Å². The molecule has 0 aromatic heterocycles. The highest BCUT2D eigenvalue weighted by Crippen LogP contribution is 2.52. The van der Waals surface area contributed by atoms with Crippen molar-refractivity contribution in [3.05, 3.63) is 29.3 Å². The van der Waals surface area contributed by atoms with Crippen molar-refractivity contribution in [1.82, 2.24) is 5.09 Å². The number of carbonyl (C=O) groups is 1. The van der Waals surface area contributed by atoms with E-state index in [2.05, 4.69) is 25.9 Å². The molecule has 2 unspecified atom stereocenters. The maximum absolute atomic E-state index is 13.7. The summed E-state index contributed by atoms with van der Waals surface area (Å²) in [4.78, 5) is 11.8. The molecule has 1 aliphatic rings. The molecule has 1 aromatic carbocycles. The molecule has 0 bridgehead atoms. The molecule has 0 amide bonds. The Morgan fingerprint density at radius 3 is 2.39 bits per heavy atom. The van der Waals surface area contributed by atoms with E-state index < -0.39 is 19.0 Å². The fourth-order valence-corrected chi connectivity index (χ4v) is 5.41. The Morgan fingerprint density at radius 1 is 1.32 bits per heavy atom. The van der Waals surface area contributed by atoms with Gasteiger partial charge in [-0.25, -0.2) is 5.09 Å². The van der Waals surface area contributed by atoms with Crippen LogP contribution in [-0.2, 0) is 14.1 Å². The summed E-state index contributed by atoms with van der Waals surface area (Å²) in [7, 11) is -2.19. The van der Waals surface area contributed by atoms with Crippen molar-refractivity contribution in [2.45, 2.75) is 71.3 Å². The minimum absolute atomic E-state index is 0.175. The average Bonchev–Trinajstić information content (AvgIpc) is 3.45. The van der Waals surface area contributed by atoms with Crippen LogP contribution in [0.4, 0.5) is 0 Å². The summed E-state index contributed by atoms with van der Waals surface area (Å²) in [5, 5.41) is 12.4. The number of benzene rings is 1. The number of rotatable bonds is 11. The predicted octanol–water partition coefficient (Wildman–Crippen LogP) is 5.34. The first kappa shape index (κ1) is 22.9.